The number of hydrogen-bond donors (Lipinski definition) is 0. The molecule has 0 saturated carbocycles. The van der Waals surface area contributed by atoms with E-state index >= 15 is 0 Å². The second-order valence-corrected chi connectivity index (χ2v) is 5.33. The van der Waals surface area contributed by atoms with Crippen LogP contribution >= 0.6 is 0 Å². The van der Waals surface area contributed by atoms with Crippen molar-refractivity contribution in [3.05, 3.63) is 60.4 Å². The van der Waals surface area contributed by atoms with Crippen molar-refractivity contribution >= 4 is 11.0 Å². The third-order valence-corrected chi connectivity index (χ3v) is 3.60. The van der Waals surface area contributed by atoms with Gasteiger partial charge in [0.05, 0.1) is 16.7 Å². The summed E-state index contributed by atoms with van der Waals surface area (Å²) in [5.74, 6) is 1.31. The van der Waals surface area contributed by atoms with Crippen LogP contribution in [0.2, 0.25) is 0 Å². The number of rotatable bonds is 2. The first-order chi connectivity index (χ1) is 11.2. The van der Waals surface area contributed by atoms with E-state index in [1.54, 1.807) is 12.4 Å². The van der Waals surface area contributed by atoms with Gasteiger partial charge in [0.25, 0.3) is 0 Å². The number of benzene rings is 1. The predicted molar refractivity (Wildman–Crippen MR) is 87.7 cm³/mol. The molecule has 0 N–H and O–H groups in total. The molecule has 5 nitrogen and oxygen atoms in total. The second-order valence-electron chi connectivity index (χ2n) is 5.33. The highest BCUT2D eigenvalue weighted by Gasteiger charge is 2.17. The zero-order chi connectivity index (χ0) is 15.8. The second kappa shape index (κ2) is 5.28. The van der Waals surface area contributed by atoms with Crippen LogP contribution in [-0.2, 0) is 0 Å². The summed E-state index contributed by atoms with van der Waals surface area (Å²) in [6.45, 7) is 3.80. The quantitative estimate of drug-likeness (QED) is 0.560. The molecular formula is C18H14N4O. The minimum absolute atomic E-state index is 0.609. The topological polar surface area (TPSA) is 64.7 Å². The normalized spacial score (nSPS) is 11.0. The highest BCUT2D eigenvalue weighted by Crippen LogP contribution is 2.32. The number of oxazole rings is 1. The Kier molecular flexibility index (Phi) is 3.12. The largest absolute Gasteiger partial charge is 0.440 e. The Hall–Kier alpha value is -3.08. The molecular weight excluding hydrogens is 288 g/mol. The van der Waals surface area contributed by atoms with Gasteiger partial charge in [-0.05, 0) is 37.3 Å². The Morgan fingerprint density at radius 3 is 2.52 bits per heavy atom. The molecule has 0 fully saturated rings. The average molecular weight is 302 g/mol. The van der Waals surface area contributed by atoms with Gasteiger partial charge in [-0.25, -0.2) is 4.98 Å². The lowest BCUT2D eigenvalue weighted by atomic mass is 10.1. The summed E-state index contributed by atoms with van der Waals surface area (Å²) in [6, 6.07) is 11.7. The first kappa shape index (κ1) is 13.6. The van der Waals surface area contributed by atoms with Crippen LogP contribution in [0.15, 0.2) is 53.2 Å². The summed E-state index contributed by atoms with van der Waals surface area (Å²) in [4.78, 5) is 17.7. The number of nitrogens with zero attached hydrogens (tertiary/aromatic N) is 4. The van der Waals surface area contributed by atoms with E-state index < -0.39 is 0 Å². The van der Waals surface area contributed by atoms with Gasteiger partial charge in [-0.15, -0.1) is 0 Å². The van der Waals surface area contributed by atoms with Crippen molar-refractivity contribution in [2.75, 3.05) is 0 Å². The highest BCUT2D eigenvalue weighted by molar-refractivity contribution is 5.83. The molecule has 23 heavy (non-hydrogen) atoms. The molecule has 3 heterocycles. The molecule has 0 aliphatic carbocycles. The van der Waals surface area contributed by atoms with Gasteiger partial charge in [0.15, 0.2) is 11.7 Å². The van der Waals surface area contributed by atoms with Crippen molar-refractivity contribution in [3.63, 3.8) is 0 Å². The summed E-state index contributed by atoms with van der Waals surface area (Å²) in [7, 11) is 0. The van der Waals surface area contributed by atoms with Gasteiger partial charge < -0.3 is 4.42 Å². The maximum atomic E-state index is 5.84. The van der Waals surface area contributed by atoms with Crippen LogP contribution in [-0.4, -0.2) is 19.9 Å². The third kappa shape index (κ3) is 2.46. The Morgan fingerprint density at radius 2 is 1.70 bits per heavy atom. The molecule has 0 amide bonds. The van der Waals surface area contributed by atoms with Crippen LogP contribution in [0.5, 0.6) is 0 Å². The van der Waals surface area contributed by atoms with E-state index in [1.807, 2.05) is 50.2 Å². The fraction of sp³-hybridized carbons (Fsp3) is 0.111. The van der Waals surface area contributed by atoms with Crippen molar-refractivity contribution in [1.29, 1.82) is 0 Å². The summed E-state index contributed by atoms with van der Waals surface area (Å²) in [5, 5.41) is 0. The molecule has 4 rings (SSSR count). The molecule has 1 aromatic carbocycles. The Bertz CT molecular complexity index is 1010. The van der Waals surface area contributed by atoms with E-state index in [-0.39, 0.29) is 0 Å². The van der Waals surface area contributed by atoms with E-state index in [0.29, 0.717) is 11.7 Å². The summed E-state index contributed by atoms with van der Waals surface area (Å²) in [6.07, 6.45) is 3.36. The maximum Gasteiger partial charge on any atom is 0.192 e. The van der Waals surface area contributed by atoms with Crippen molar-refractivity contribution in [2.24, 2.45) is 0 Å². The molecule has 0 unspecified atom stereocenters. The number of aromatic nitrogens is 4. The van der Waals surface area contributed by atoms with E-state index in [1.165, 1.54) is 0 Å². The van der Waals surface area contributed by atoms with Crippen LogP contribution < -0.4 is 0 Å². The maximum absolute atomic E-state index is 5.84. The number of pyridine rings is 1. The van der Waals surface area contributed by atoms with E-state index in [4.69, 9.17) is 4.42 Å². The van der Waals surface area contributed by atoms with Crippen LogP contribution in [0.4, 0.5) is 0 Å². The lowest BCUT2D eigenvalue weighted by molar-refractivity contribution is 0.534. The molecule has 3 aromatic heterocycles. The number of fused-ring (bicyclic) bond motifs is 1. The number of hydrogen-bond acceptors (Lipinski definition) is 5. The van der Waals surface area contributed by atoms with Crippen LogP contribution in [0.25, 0.3) is 33.7 Å². The van der Waals surface area contributed by atoms with E-state index in [9.17, 15) is 0 Å². The molecule has 5 heteroatoms. The molecule has 0 aliphatic heterocycles. The predicted octanol–water partition coefficient (Wildman–Crippen LogP) is 3.96. The first-order valence-corrected chi connectivity index (χ1v) is 7.33. The fourth-order valence-corrected chi connectivity index (χ4v) is 2.58. The molecule has 0 spiro atoms. The summed E-state index contributed by atoms with van der Waals surface area (Å²) >= 11 is 0. The van der Waals surface area contributed by atoms with Gasteiger partial charge in [-0.1, -0.05) is 6.07 Å². The zero-order valence-electron chi connectivity index (χ0n) is 12.8. The lowest BCUT2D eigenvalue weighted by Crippen LogP contribution is -1.89. The molecule has 0 radical (unpaired) electrons. The minimum Gasteiger partial charge on any atom is -0.440 e. The van der Waals surface area contributed by atoms with Gasteiger partial charge in [-0.3, -0.25) is 15.0 Å². The van der Waals surface area contributed by atoms with Gasteiger partial charge in [0.2, 0.25) is 0 Å². The van der Waals surface area contributed by atoms with Gasteiger partial charge in [0.1, 0.15) is 5.69 Å². The van der Waals surface area contributed by atoms with Gasteiger partial charge in [-0.2, -0.15) is 0 Å². The third-order valence-electron chi connectivity index (χ3n) is 3.60. The van der Waals surface area contributed by atoms with E-state index in [2.05, 4.69) is 19.9 Å². The number of aryl methyl sites for hydroxylation is 2. The smallest absolute Gasteiger partial charge is 0.192 e. The van der Waals surface area contributed by atoms with Gasteiger partial charge >= 0.3 is 0 Å². The molecule has 0 atom stereocenters. The highest BCUT2D eigenvalue weighted by atomic mass is 16.4. The Labute approximate surface area is 133 Å². The average Bonchev–Trinajstić information content (AvgIpc) is 2.96. The summed E-state index contributed by atoms with van der Waals surface area (Å²) in [5.41, 5.74) is 5.07. The molecule has 0 bridgehead atoms. The Balaban J connectivity index is 1.91. The molecule has 0 saturated heterocycles. The molecule has 112 valence electrons. The fourth-order valence-electron chi connectivity index (χ4n) is 2.58. The lowest BCUT2D eigenvalue weighted by Gasteiger charge is -2.03. The van der Waals surface area contributed by atoms with Crippen LogP contribution in [0.1, 0.15) is 11.6 Å². The van der Waals surface area contributed by atoms with Crippen molar-refractivity contribution in [1.82, 2.24) is 19.9 Å². The SMILES string of the molecule is Cc1cccc(-c2nc(C)oc2-c2ccc3nccnc3c2)n1. The first-order valence-electron chi connectivity index (χ1n) is 7.33. The Morgan fingerprint density at radius 1 is 0.870 bits per heavy atom. The standard InChI is InChI=1S/C18H14N4O/c1-11-4-3-5-15(21-11)17-18(23-12(2)22-17)13-6-7-14-16(10-13)20-9-8-19-14/h3-10H,1-2H3. The van der Waals surface area contributed by atoms with Crippen molar-refractivity contribution in [2.45, 2.75) is 13.8 Å². The monoisotopic (exact) mass is 302 g/mol. The summed E-state index contributed by atoms with van der Waals surface area (Å²) < 4.78 is 5.84. The minimum atomic E-state index is 0.609. The van der Waals surface area contributed by atoms with E-state index in [0.717, 1.165) is 33.7 Å². The zero-order valence-corrected chi connectivity index (χ0v) is 12.8. The van der Waals surface area contributed by atoms with Crippen molar-refractivity contribution in [3.8, 4) is 22.7 Å². The molecule has 4 aromatic rings. The van der Waals surface area contributed by atoms with Crippen LogP contribution in [0, 0.1) is 13.8 Å². The molecule has 0 aliphatic rings. The van der Waals surface area contributed by atoms with Crippen LogP contribution in [0.3, 0.4) is 0 Å². The van der Waals surface area contributed by atoms with Crippen molar-refractivity contribution < 1.29 is 4.42 Å². The van der Waals surface area contributed by atoms with Gasteiger partial charge in [0, 0.05) is 30.6 Å².